The number of hydrogen-bond donors (Lipinski definition) is 3. The van der Waals surface area contributed by atoms with E-state index in [1.165, 1.54) is 25.7 Å². The number of aliphatic hydroxyl groups excluding tert-OH is 2. The van der Waals surface area contributed by atoms with Crippen molar-refractivity contribution in [2.24, 2.45) is 0 Å². The summed E-state index contributed by atoms with van der Waals surface area (Å²) >= 11 is 0. The van der Waals surface area contributed by atoms with Crippen LogP contribution in [0.1, 0.15) is 213 Å². The number of aliphatic hydroxyl groups is 2. The van der Waals surface area contributed by atoms with Gasteiger partial charge in [0.2, 0.25) is 0 Å². The maximum atomic E-state index is 13.1. The summed E-state index contributed by atoms with van der Waals surface area (Å²) in [5, 5.41) is 31.5. The molecule has 1 saturated heterocycles. The lowest BCUT2D eigenvalue weighted by Gasteiger charge is -2.40. The van der Waals surface area contributed by atoms with E-state index in [0.717, 1.165) is 122 Å². The molecule has 0 spiro atoms. The number of carboxylic acid groups (broad SMARTS) is 1. The van der Waals surface area contributed by atoms with E-state index in [2.05, 4.69) is 142 Å². The van der Waals surface area contributed by atoms with Crippen molar-refractivity contribution in [3.05, 3.63) is 122 Å². The first-order valence-electron chi connectivity index (χ1n) is 29.5. The highest BCUT2D eigenvalue weighted by Gasteiger charge is 2.50. The Balaban J connectivity index is 2.74. The predicted molar refractivity (Wildman–Crippen MR) is 312 cm³/mol. The molecule has 0 aliphatic carbocycles. The van der Waals surface area contributed by atoms with E-state index in [1.54, 1.807) is 0 Å². The van der Waals surface area contributed by atoms with Crippen LogP contribution in [0, 0.1) is 0 Å². The topological polar surface area (TPSA) is 175 Å². The van der Waals surface area contributed by atoms with Gasteiger partial charge in [0.25, 0.3) is 0 Å². The van der Waals surface area contributed by atoms with Gasteiger partial charge in [0.15, 0.2) is 24.6 Å². The van der Waals surface area contributed by atoms with E-state index < -0.39 is 67.3 Å². The van der Waals surface area contributed by atoms with Crippen LogP contribution in [0.5, 0.6) is 0 Å². The summed E-state index contributed by atoms with van der Waals surface area (Å²) < 4.78 is 28.3. The zero-order valence-electron chi connectivity index (χ0n) is 47.7. The van der Waals surface area contributed by atoms with E-state index >= 15 is 0 Å². The van der Waals surface area contributed by atoms with Gasteiger partial charge in [-0.1, -0.05) is 187 Å². The molecule has 77 heavy (non-hydrogen) atoms. The molecule has 1 rings (SSSR count). The van der Waals surface area contributed by atoms with Crippen molar-refractivity contribution in [1.82, 2.24) is 0 Å². The van der Waals surface area contributed by atoms with Gasteiger partial charge >= 0.3 is 23.9 Å². The number of hydrogen-bond acceptors (Lipinski definition) is 11. The molecule has 1 fully saturated rings. The number of unbranched alkanes of at least 4 members (excludes halogenated alkanes) is 14. The fourth-order valence-electron chi connectivity index (χ4n) is 8.02. The molecule has 12 heteroatoms. The lowest BCUT2D eigenvalue weighted by atomic mass is 9.98. The second kappa shape index (κ2) is 51.9. The van der Waals surface area contributed by atoms with Crippen LogP contribution in [-0.4, -0.2) is 89.2 Å². The van der Waals surface area contributed by atoms with Crippen molar-refractivity contribution in [1.29, 1.82) is 0 Å². The molecule has 0 bridgehead atoms. The van der Waals surface area contributed by atoms with Crippen molar-refractivity contribution < 1.29 is 58.2 Å². The SMILES string of the molecule is CC/C=C\C/C=C\C/C=C\C/C=C\C/C=C\CCCCCC(=O)OCC(COC1OC(C(=O)O)C(O)C(O)C1OC(=O)CCCC/C=C\C/C=C\C/C=C\C/C=C\CC)OC(=O)CCCCCCC/C=C\CCCCCC. The summed E-state index contributed by atoms with van der Waals surface area (Å²) in [4.78, 5) is 51.1. The van der Waals surface area contributed by atoms with Crippen molar-refractivity contribution >= 4 is 23.9 Å². The summed E-state index contributed by atoms with van der Waals surface area (Å²) in [6, 6.07) is 0. The molecular formula is C65H102O12. The third-order valence-corrected chi connectivity index (χ3v) is 12.5. The summed E-state index contributed by atoms with van der Waals surface area (Å²) in [6.07, 6.45) is 58.8. The largest absolute Gasteiger partial charge is 0.479 e. The number of allylic oxidation sites excluding steroid dienone is 20. The summed E-state index contributed by atoms with van der Waals surface area (Å²) in [6.45, 7) is 5.68. The molecule has 6 unspecified atom stereocenters. The Labute approximate surface area is 465 Å². The molecule has 6 atom stereocenters. The van der Waals surface area contributed by atoms with Crippen LogP contribution in [0.15, 0.2) is 122 Å². The molecule has 0 aromatic rings. The van der Waals surface area contributed by atoms with Gasteiger partial charge < -0.3 is 39.0 Å². The molecule has 0 saturated carbocycles. The van der Waals surface area contributed by atoms with Gasteiger partial charge in [-0.15, -0.1) is 0 Å². The minimum atomic E-state index is -1.93. The zero-order chi connectivity index (χ0) is 56.1. The molecule has 1 aliphatic heterocycles. The first-order valence-corrected chi connectivity index (χ1v) is 29.5. The standard InChI is InChI=1S/C65H102O12/c1-4-7-10-13-16-19-22-25-27-28-29-30-32-34-36-39-42-45-48-51-57(66)73-54-56(75-58(67)52-49-46-43-40-37-33-24-21-18-15-12-9-6-3)55-74-65-63(61(70)60(69)62(77-65)64(71)72)76-59(68)53-50-47-44-41-38-35-31-26-23-20-17-14-11-8-5-2/h7-8,10-11,16-17,19-21,24-27,29-31,34,36,38,41,56,60-63,65,69-70H,4-6,9,12-15,18,22-23,28,32-33,35,37,39-40,42-55H2,1-3H3,(H,71,72)/b10-7-,11-8-,19-16-,20-17-,24-21-,27-25-,30-29-,31-26-,36-34-,41-38-. The van der Waals surface area contributed by atoms with E-state index in [-0.39, 0.29) is 25.9 Å². The number of rotatable bonds is 48. The maximum absolute atomic E-state index is 13.1. The third kappa shape index (κ3) is 41.8. The predicted octanol–water partition coefficient (Wildman–Crippen LogP) is 15.2. The van der Waals surface area contributed by atoms with Gasteiger partial charge in [-0.25, -0.2) is 4.79 Å². The van der Waals surface area contributed by atoms with Gasteiger partial charge in [0, 0.05) is 19.3 Å². The van der Waals surface area contributed by atoms with Crippen molar-refractivity contribution in [3.63, 3.8) is 0 Å². The van der Waals surface area contributed by atoms with Crippen LogP contribution in [0.3, 0.4) is 0 Å². The van der Waals surface area contributed by atoms with Gasteiger partial charge in [0.1, 0.15) is 18.8 Å². The number of carboxylic acids is 1. The average Bonchev–Trinajstić information content (AvgIpc) is 3.42. The molecule has 0 aromatic carbocycles. The minimum Gasteiger partial charge on any atom is -0.479 e. The van der Waals surface area contributed by atoms with Crippen LogP contribution in [-0.2, 0) is 42.9 Å². The van der Waals surface area contributed by atoms with Gasteiger partial charge in [-0.05, 0) is 128 Å². The molecule has 0 radical (unpaired) electrons. The quantitative estimate of drug-likeness (QED) is 0.0228. The monoisotopic (exact) mass is 1070 g/mol. The number of carbonyl (C=O) groups excluding carboxylic acids is 3. The Bertz CT molecular complexity index is 1800. The highest BCUT2D eigenvalue weighted by Crippen LogP contribution is 2.26. The average molecular weight is 1080 g/mol. The van der Waals surface area contributed by atoms with Crippen LogP contribution >= 0.6 is 0 Å². The van der Waals surface area contributed by atoms with Gasteiger partial charge in [-0.3, -0.25) is 14.4 Å². The van der Waals surface area contributed by atoms with Gasteiger partial charge in [0.05, 0.1) is 6.61 Å². The van der Waals surface area contributed by atoms with E-state index in [9.17, 15) is 34.5 Å². The lowest BCUT2D eigenvalue weighted by molar-refractivity contribution is -0.301. The summed E-state index contributed by atoms with van der Waals surface area (Å²) in [5.41, 5.74) is 0. The Morgan fingerprint density at radius 3 is 1.30 bits per heavy atom. The molecule has 1 heterocycles. The van der Waals surface area contributed by atoms with Crippen molar-refractivity contribution in [2.45, 2.75) is 250 Å². The molecule has 0 aromatic heterocycles. The van der Waals surface area contributed by atoms with E-state index in [4.69, 9.17) is 23.7 Å². The second-order valence-electron chi connectivity index (χ2n) is 19.5. The first kappa shape index (κ1) is 70.1. The molecule has 3 N–H and O–H groups in total. The van der Waals surface area contributed by atoms with Crippen LogP contribution in [0.25, 0.3) is 0 Å². The van der Waals surface area contributed by atoms with E-state index in [0.29, 0.717) is 25.7 Å². The zero-order valence-corrected chi connectivity index (χ0v) is 47.7. The number of carbonyl (C=O) groups is 4. The smallest absolute Gasteiger partial charge is 0.335 e. The molecular weight excluding hydrogens is 973 g/mol. The number of esters is 3. The van der Waals surface area contributed by atoms with Crippen LogP contribution in [0.4, 0.5) is 0 Å². The van der Waals surface area contributed by atoms with Crippen molar-refractivity contribution in [3.8, 4) is 0 Å². The summed E-state index contributed by atoms with van der Waals surface area (Å²) in [5.74, 6) is -3.25. The van der Waals surface area contributed by atoms with Crippen LogP contribution < -0.4 is 0 Å². The maximum Gasteiger partial charge on any atom is 0.335 e. The lowest BCUT2D eigenvalue weighted by Crippen LogP contribution is -2.61. The number of ether oxygens (including phenoxy) is 5. The molecule has 1 aliphatic rings. The van der Waals surface area contributed by atoms with Gasteiger partial charge in [-0.2, -0.15) is 0 Å². The highest BCUT2D eigenvalue weighted by atomic mass is 16.7. The van der Waals surface area contributed by atoms with E-state index in [1.807, 2.05) is 0 Å². The summed E-state index contributed by atoms with van der Waals surface area (Å²) in [7, 11) is 0. The highest BCUT2D eigenvalue weighted by molar-refractivity contribution is 5.74. The Kier molecular flexibility index (Phi) is 47.2. The fraction of sp³-hybridized carbons (Fsp3) is 0.631. The first-order chi connectivity index (χ1) is 37.6. The second-order valence-corrected chi connectivity index (χ2v) is 19.5. The molecule has 12 nitrogen and oxygen atoms in total. The minimum absolute atomic E-state index is 0.00225. The normalized spacial score (nSPS) is 18.9. The Morgan fingerprint density at radius 1 is 0.442 bits per heavy atom. The van der Waals surface area contributed by atoms with Crippen LogP contribution in [0.2, 0.25) is 0 Å². The Morgan fingerprint density at radius 2 is 0.818 bits per heavy atom. The Hall–Kier alpha value is -4.88. The fourth-order valence-corrected chi connectivity index (χ4v) is 8.02. The number of aliphatic carboxylic acids is 1. The molecule has 434 valence electrons. The van der Waals surface area contributed by atoms with Crippen molar-refractivity contribution in [2.75, 3.05) is 13.2 Å². The third-order valence-electron chi connectivity index (χ3n) is 12.5. The molecule has 0 amide bonds.